The number of rotatable bonds is 4. The predicted octanol–water partition coefficient (Wildman–Crippen LogP) is 1.37. The number of hydrogen-bond acceptors (Lipinski definition) is 8. The molecule has 0 spiro atoms. The molecule has 118 valence electrons. The summed E-state index contributed by atoms with van der Waals surface area (Å²) in [4.78, 5) is 45.0. The summed E-state index contributed by atoms with van der Waals surface area (Å²) in [6.07, 6.45) is 3.40. The number of aromatic nitrogens is 2. The number of methoxy groups -OCH3 is 1. The van der Waals surface area contributed by atoms with E-state index >= 15 is 0 Å². The van der Waals surface area contributed by atoms with Crippen molar-refractivity contribution in [1.29, 1.82) is 0 Å². The highest BCUT2D eigenvalue weighted by Gasteiger charge is 2.35. The molecule has 0 saturated carbocycles. The van der Waals surface area contributed by atoms with Crippen LogP contribution in [0.3, 0.4) is 0 Å². The smallest absolute Gasteiger partial charge is 0.343 e. The van der Waals surface area contributed by atoms with Gasteiger partial charge in [0.1, 0.15) is 5.56 Å². The van der Waals surface area contributed by atoms with Crippen LogP contribution in [0.1, 0.15) is 23.7 Å². The second kappa shape index (κ2) is 7.10. The van der Waals surface area contributed by atoms with Gasteiger partial charge in [0.15, 0.2) is 16.1 Å². The fraction of sp³-hybridized carbons (Fsp3) is 0.462. The number of hydrogen-bond donors (Lipinski definition) is 0. The molecule has 1 aromatic heterocycles. The van der Waals surface area contributed by atoms with Crippen LogP contribution in [0, 0.1) is 0 Å². The van der Waals surface area contributed by atoms with Crippen molar-refractivity contribution >= 4 is 46.3 Å². The largest absolute Gasteiger partial charge is 0.465 e. The molecule has 2 rings (SSSR count). The highest BCUT2D eigenvalue weighted by Crippen LogP contribution is 2.30. The van der Waals surface area contributed by atoms with Gasteiger partial charge in [0.2, 0.25) is 5.91 Å². The lowest BCUT2D eigenvalue weighted by Gasteiger charge is -2.18. The van der Waals surface area contributed by atoms with Crippen LogP contribution in [0.4, 0.5) is 5.82 Å². The molecule has 1 amide bonds. The van der Waals surface area contributed by atoms with Crippen LogP contribution in [0.5, 0.6) is 0 Å². The standard InChI is InChI=1S/C13H15N3O4S2/c1-7(17)22-8-4-10(18)16(6-8)11-9(12(19)20-2)5-14-13(15-11)21-3/h5,8H,4,6H2,1-3H3. The van der Waals surface area contributed by atoms with Crippen LogP contribution in [-0.4, -0.2) is 52.1 Å². The fourth-order valence-corrected chi connectivity index (χ4v) is 3.36. The second-order valence-corrected chi connectivity index (χ2v) is 6.78. The molecule has 7 nitrogen and oxygen atoms in total. The van der Waals surface area contributed by atoms with E-state index in [0.717, 1.165) is 11.8 Å². The number of thioether (sulfide) groups is 2. The third-order valence-electron chi connectivity index (χ3n) is 3.01. The maximum Gasteiger partial charge on any atom is 0.343 e. The van der Waals surface area contributed by atoms with Crippen molar-refractivity contribution in [2.75, 3.05) is 24.8 Å². The van der Waals surface area contributed by atoms with Gasteiger partial charge in [-0.05, 0) is 6.26 Å². The highest BCUT2D eigenvalue weighted by molar-refractivity contribution is 8.14. The Bertz CT molecular complexity index is 623. The third kappa shape index (κ3) is 3.58. The average Bonchev–Trinajstić information content (AvgIpc) is 2.85. The minimum Gasteiger partial charge on any atom is -0.465 e. The van der Waals surface area contributed by atoms with E-state index in [2.05, 4.69) is 9.97 Å². The Hall–Kier alpha value is -1.61. The van der Waals surface area contributed by atoms with E-state index < -0.39 is 5.97 Å². The van der Waals surface area contributed by atoms with E-state index in [9.17, 15) is 14.4 Å². The molecular formula is C13H15N3O4S2. The number of amides is 1. The molecular weight excluding hydrogens is 326 g/mol. The van der Waals surface area contributed by atoms with Crippen LogP contribution in [0.15, 0.2) is 11.4 Å². The molecule has 1 aromatic rings. The van der Waals surface area contributed by atoms with E-state index in [0.29, 0.717) is 11.7 Å². The van der Waals surface area contributed by atoms with Gasteiger partial charge in [0.25, 0.3) is 0 Å². The Morgan fingerprint density at radius 1 is 1.45 bits per heavy atom. The lowest BCUT2D eigenvalue weighted by Crippen LogP contribution is -2.28. The Kier molecular flexibility index (Phi) is 5.41. The van der Waals surface area contributed by atoms with Gasteiger partial charge in [0.05, 0.1) is 7.11 Å². The molecule has 9 heteroatoms. The summed E-state index contributed by atoms with van der Waals surface area (Å²) in [5, 5.41) is 0.279. The van der Waals surface area contributed by atoms with Crippen molar-refractivity contribution in [3.8, 4) is 0 Å². The Morgan fingerprint density at radius 2 is 2.18 bits per heavy atom. The first-order valence-electron chi connectivity index (χ1n) is 6.43. The van der Waals surface area contributed by atoms with Gasteiger partial charge in [-0.3, -0.25) is 14.5 Å². The van der Waals surface area contributed by atoms with E-state index in [4.69, 9.17) is 4.74 Å². The van der Waals surface area contributed by atoms with Crippen molar-refractivity contribution in [3.05, 3.63) is 11.8 Å². The van der Waals surface area contributed by atoms with Crippen molar-refractivity contribution < 1.29 is 19.1 Å². The first kappa shape index (κ1) is 16.8. The molecule has 0 bridgehead atoms. The molecule has 22 heavy (non-hydrogen) atoms. The van der Waals surface area contributed by atoms with E-state index in [-0.39, 0.29) is 34.1 Å². The first-order valence-corrected chi connectivity index (χ1v) is 8.53. The minimum absolute atomic E-state index is 0.0414. The second-order valence-electron chi connectivity index (χ2n) is 4.53. The van der Waals surface area contributed by atoms with Gasteiger partial charge in [-0.25, -0.2) is 14.8 Å². The lowest BCUT2D eigenvalue weighted by molar-refractivity contribution is -0.117. The Morgan fingerprint density at radius 3 is 2.77 bits per heavy atom. The molecule has 1 aliphatic rings. The number of esters is 1. The van der Waals surface area contributed by atoms with Crippen LogP contribution >= 0.6 is 23.5 Å². The van der Waals surface area contributed by atoms with Gasteiger partial charge >= 0.3 is 5.97 Å². The Labute approximate surface area is 136 Å². The molecule has 1 atom stereocenters. The van der Waals surface area contributed by atoms with Crippen molar-refractivity contribution in [2.45, 2.75) is 23.8 Å². The number of nitrogens with zero attached hydrogens (tertiary/aromatic N) is 3. The van der Waals surface area contributed by atoms with E-state index in [1.165, 1.54) is 36.9 Å². The summed E-state index contributed by atoms with van der Waals surface area (Å²) in [6, 6.07) is 0. The molecule has 1 aliphatic heterocycles. The summed E-state index contributed by atoms with van der Waals surface area (Å²) >= 11 is 2.44. The molecule has 0 aromatic carbocycles. The van der Waals surface area contributed by atoms with Gasteiger partial charge in [0, 0.05) is 31.3 Å². The summed E-state index contributed by atoms with van der Waals surface area (Å²) in [5.41, 5.74) is 0.141. The van der Waals surface area contributed by atoms with Gasteiger partial charge in [-0.1, -0.05) is 23.5 Å². The van der Waals surface area contributed by atoms with Gasteiger partial charge < -0.3 is 4.74 Å². The van der Waals surface area contributed by atoms with Crippen molar-refractivity contribution in [2.24, 2.45) is 0 Å². The highest BCUT2D eigenvalue weighted by atomic mass is 32.2. The molecule has 1 fully saturated rings. The van der Waals surface area contributed by atoms with Crippen molar-refractivity contribution in [3.63, 3.8) is 0 Å². The predicted molar refractivity (Wildman–Crippen MR) is 84.2 cm³/mol. The molecule has 0 radical (unpaired) electrons. The zero-order valence-electron chi connectivity index (χ0n) is 12.4. The zero-order valence-corrected chi connectivity index (χ0v) is 14.0. The SMILES string of the molecule is COC(=O)c1cnc(SC)nc1N1CC(SC(C)=O)CC1=O. The minimum atomic E-state index is -0.599. The van der Waals surface area contributed by atoms with Crippen LogP contribution in [0.25, 0.3) is 0 Å². The topological polar surface area (TPSA) is 89.5 Å². The van der Waals surface area contributed by atoms with E-state index in [1.807, 2.05) is 0 Å². The van der Waals surface area contributed by atoms with E-state index in [1.54, 1.807) is 6.26 Å². The lowest BCUT2D eigenvalue weighted by atomic mass is 10.3. The summed E-state index contributed by atoms with van der Waals surface area (Å²) in [6.45, 7) is 1.80. The molecule has 1 unspecified atom stereocenters. The number of carbonyl (C=O) groups is 3. The monoisotopic (exact) mass is 341 g/mol. The molecule has 2 heterocycles. The number of anilines is 1. The summed E-state index contributed by atoms with van der Waals surface area (Å²) in [7, 11) is 1.26. The maximum atomic E-state index is 12.2. The molecule has 0 N–H and O–H groups in total. The Balaban J connectivity index is 2.35. The van der Waals surface area contributed by atoms with Gasteiger partial charge in [-0.2, -0.15) is 0 Å². The van der Waals surface area contributed by atoms with Crippen LogP contribution < -0.4 is 4.90 Å². The number of carbonyl (C=O) groups excluding carboxylic acids is 3. The molecule has 1 saturated heterocycles. The normalized spacial score (nSPS) is 17.7. The van der Waals surface area contributed by atoms with Crippen molar-refractivity contribution in [1.82, 2.24) is 9.97 Å². The quantitative estimate of drug-likeness (QED) is 0.461. The average molecular weight is 341 g/mol. The van der Waals surface area contributed by atoms with Crippen LogP contribution in [-0.2, 0) is 14.3 Å². The summed E-state index contributed by atoms with van der Waals surface area (Å²) < 4.78 is 4.71. The summed E-state index contributed by atoms with van der Waals surface area (Å²) in [5.74, 6) is -0.532. The number of ether oxygens (including phenoxy) is 1. The fourth-order valence-electron chi connectivity index (χ4n) is 2.11. The maximum absolute atomic E-state index is 12.2. The third-order valence-corrected chi connectivity index (χ3v) is 4.56. The van der Waals surface area contributed by atoms with Gasteiger partial charge in [-0.15, -0.1) is 0 Å². The van der Waals surface area contributed by atoms with Crippen LogP contribution in [0.2, 0.25) is 0 Å². The zero-order chi connectivity index (χ0) is 16.3. The first-order chi connectivity index (χ1) is 10.5. The molecule has 0 aliphatic carbocycles.